The highest BCUT2D eigenvalue weighted by Gasteiger charge is 2.18. The van der Waals surface area contributed by atoms with Crippen molar-refractivity contribution in [1.29, 1.82) is 0 Å². The molecule has 1 aliphatic carbocycles. The van der Waals surface area contributed by atoms with Crippen molar-refractivity contribution in [2.75, 3.05) is 0 Å². The molecule has 0 heterocycles. The molecule has 0 aliphatic heterocycles. The van der Waals surface area contributed by atoms with Gasteiger partial charge in [0.25, 0.3) is 0 Å². The quantitative estimate of drug-likeness (QED) is 0.845. The Hall–Kier alpha value is -0.600. The van der Waals surface area contributed by atoms with E-state index in [1.807, 2.05) is 6.07 Å². The Balaban J connectivity index is 1.94. The second-order valence-corrected chi connectivity index (χ2v) is 5.36. The van der Waals surface area contributed by atoms with Gasteiger partial charge in [-0.1, -0.05) is 49.4 Å². The van der Waals surface area contributed by atoms with E-state index in [1.165, 1.54) is 31.7 Å². The van der Waals surface area contributed by atoms with Crippen molar-refractivity contribution in [3.63, 3.8) is 0 Å². The molecule has 1 aliphatic rings. The molecule has 2 rings (SSSR count). The summed E-state index contributed by atoms with van der Waals surface area (Å²) in [6.45, 7) is 0. The molecule has 0 saturated heterocycles. The van der Waals surface area contributed by atoms with Gasteiger partial charge in [0.2, 0.25) is 0 Å². The van der Waals surface area contributed by atoms with E-state index in [9.17, 15) is 4.39 Å². The second-order valence-electron chi connectivity index (χ2n) is 4.98. The number of rotatable bonds is 4. The van der Waals surface area contributed by atoms with Gasteiger partial charge >= 0.3 is 0 Å². The first kappa shape index (κ1) is 12.8. The highest BCUT2D eigenvalue weighted by molar-refractivity contribution is 6.31. The summed E-state index contributed by atoms with van der Waals surface area (Å²) in [4.78, 5) is 0. The zero-order chi connectivity index (χ0) is 12.3. The summed E-state index contributed by atoms with van der Waals surface area (Å²) in [6.07, 6.45) is 7.37. The standard InChI is InChI=1S/C14H19ClFN/c15-14-11(6-3-7-12(14)16)13(17)9-8-10-4-1-2-5-10/h3,6-7,10,13H,1-2,4-5,8-9,17H2. The molecule has 0 bridgehead atoms. The minimum absolute atomic E-state index is 0.140. The first-order valence-electron chi connectivity index (χ1n) is 6.38. The number of hydrogen-bond donors (Lipinski definition) is 1. The molecule has 1 nitrogen and oxygen atoms in total. The third kappa shape index (κ3) is 3.20. The number of halogens is 2. The minimum atomic E-state index is -0.375. The van der Waals surface area contributed by atoms with Crippen LogP contribution in [-0.2, 0) is 0 Å². The van der Waals surface area contributed by atoms with Crippen LogP contribution in [0.1, 0.15) is 50.1 Å². The Morgan fingerprint density at radius 1 is 1.35 bits per heavy atom. The van der Waals surface area contributed by atoms with Crippen LogP contribution in [-0.4, -0.2) is 0 Å². The van der Waals surface area contributed by atoms with E-state index in [4.69, 9.17) is 17.3 Å². The topological polar surface area (TPSA) is 26.0 Å². The average molecular weight is 256 g/mol. The maximum absolute atomic E-state index is 13.3. The molecule has 1 fully saturated rings. The summed E-state index contributed by atoms with van der Waals surface area (Å²) in [5.74, 6) is 0.439. The van der Waals surface area contributed by atoms with Gasteiger partial charge in [-0.05, 0) is 30.4 Å². The van der Waals surface area contributed by atoms with E-state index >= 15 is 0 Å². The summed E-state index contributed by atoms with van der Waals surface area (Å²) in [5, 5.41) is 0.187. The van der Waals surface area contributed by atoms with Crippen LogP contribution >= 0.6 is 11.6 Å². The molecular weight excluding hydrogens is 237 g/mol. The molecule has 3 heteroatoms. The SMILES string of the molecule is NC(CCC1CCCC1)c1cccc(F)c1Cl. The van der Waals surface area contributed by atoms with Crippen molar-refractivity contribution >= 4 is 11.6 Å². The third-order valence-electron chi connectivity index (χ3n) is 3.74. The van der Waals surface area contributed by atoms with Gasteiger partial charge in [0, 0.05) is 6.04 Å². The fourth-order valence-corrected chi connectivity index (χ4v) is 2.94. The van der Waals surface area contributed by atoms with Crippen molar-refractivity contribution in [3.8, 4) is 0 Å². The Kier molecular flexibility index (Phi) is 4.41. The van der Waals surface area contributed by atoms with E-state index < -0.39 is 0 Å². The summed E-state index contributed by atoms with van der Waals surface area (Å²) >= 11 is 5.93. The Morgan fingerprint density at radius 3 is 2.76 bits per heavy atom. The highest BCUT2D eigenvalue weighted by atomic mass is 35.5. The van der Waals surface area contributed by atoms with Gasteiger partial charge in [0.05, 0.1) is 5.02 Å². The lowest BCUT2D eigenvalue weighted by atomic mass is 9.95. The van der Waals surface area contributed by atoms with Crippen LogP contribution in [0.2, 0.25) is 5.02 Å². The van der Waals surface area contributed by atoms with Crippen LogP contribution in [0.15, 0.2) is 18.2 Å². The Labute approximate surface area is 107 Å². The van der Waals surface area contributed by atoms with Gasteiger partial charge in [0.1, 0.15) is 5.82 Å². The van der Waals surface area contributed by atoms with Crippen molar-refractivity contribution in [1.82, 2.24) is 0 Å². The second kappa shape index (κ2) is 5.83. The van der Waals surface area contributed by atoms with E-state index in [0.29, 0.717) is 0 Å². The first-order chi connectivity index (χ1) is 8.18. The highest BCUT2D eigenvalue weighted by Crippen LogP contribution is 2.32. The van der Waals surface area contributed by atoms with Gasteiger partial charge in [-0.15, -0.1) is 0 Å². The molecule has 1 unspecified atom stereocenters. The number of hydrogen-bond acceptors (Lipinski definition) is 1. The first-order valence-corrected chi connectivity index (χ1v) is 6.75. The fraction of sp³-hybridized carbons (Fsp3) is 0.571. The zero-order valence-corrected chi connectivity index (χ0v) is 10.7. The monoisotopic (exact) mass is 255 g/mol. The van der Waals surface area contributed by atoms with E-state index in [0.717, 1.165) is 24.3 Å². The molecule has 1 aromatic carbocycles. The Morgan fingerprint density at radius 2 is 2.06 bits per heavy atom. The van der Waals surface area contributed by atoms with Crippen LogP contribution in [0.25, 0.3) is 0 Å². The van der Waals surface area contributed by atoms with Crippen LogP contribution in [0.5, 0.6) is 0 Å². The maximum Gasteiger partial charge on any atom is 0.142 e. The van der Waals surface area contributed by atoms with E-state index in [1.54, 1.807) is 6.07 Å². The maximum atomic E-state index is 13.3. The largest absolute Gasteiger partial charge is 0.324 e. The smallest absolute Gasteiger partial charge is 0.142 e. The predicted octanol–water partition coefficient (Wildman–Crippen LogP) is 4.45. The molecule has 94 valence electrons. The Bertz CT molecular complexity index is 374. The average Bonchev–Trinajstić information content (AvgIpc) is 2.82. The van der Waals surface area contributed by atoms with Crippen LogP contribution in [0.3, 0.4) is 0 Å². The van der Waals surface area contributed by atoms with Crippen LogP contribution < -0.4 is 5.73 Å². The van der Waals surface area contributed by atoms with Crippen molar-refractivity contribution in [2.45, 2.75) is 44.6 Å². The molecule has 0 spiro atoms. The predicted molar refractivity (Wildman–Crippen MR) is 69.5 cm³/mol. The molecule has 2 N–H and O–H groups in total. The third-order valence-corrected chi connectivity index (χ3v) is 4.14. The summed E-state index contributed by atoms with van der Waals surface area (Å²) in [5.41, 5.74) is 6.83. The molecule has 17 heavy (non-hydrogen) atoms. The lowest BCUT2D eigenvalue weighted by Crippen LogP contribution is -2.12. The van der Waals surface area contributed by atoms with Gasteiger partial charge in [-0.3, -0.25) is 0 Å². The van der Waals surface area contributed by atoms with Crippen LogP contribution in [0, 0.1) is 11.7 Å². The van der Waals surface area contributed by atoms with Crippen molar-refractivity contribution < 1.29 is 4.39 Å². The summed E-state index contributed by atoms with van der Waals surface area (Å²) < 4.78 is 13.3. The molecule has 1 atom stereocenters. The molecular formula is C14H19ClFN. The van der Waals surface area contributed by atoms with Crippen molar-refractivity contribution in [2.24, 2.45) is 11.7 Å². The van der Waals surface area contributed by atoms with Gasteiger partial charge in [-0.25, -0.2) is 4.39 Å². The molecule has 0 radical (unpaired) electrons. The fourth-order valence-electron chi connectivity index (χ4n) is 2.68. The van der Waals surface area contributed by atoms with Gasteiger partial charge < -0.3 is 5.73 Å². The van der Waals surface area contributed by atoms with Gasteiger partial charge in [0.15, 0.2) is 0 Å². The van der Waals surface area contributed by atoms with Crippen LogP contribution in [0.4, 0.5) is 4.39 Å². The van der Waals surface area contributed by atoms with E-state index in [2.05, 4.69) is 0 Å². The zero-order valence-electron chi connectivity index (χ0n) is 9.96. The lowest BCUT2D eigenvalue weighted by molar-refractivity contribution is 0.453. The minimum Gasteiger partial charge on any atom is -0.324 e. The molecule has 0 amide bonds. The number of benzene rings is 1. The molecule has 1 saturated carbocycles. The summed E-state index contributed by atoms with van der Waals surface area (Å²) in [7, 11) is 0. The van der Waals surface area contributed by atoms with E-state index in [-0.39, 0.29) is 16.9 Å². The number of nitrogens with two attached hydrogens (primary N) is 1. The summed E-state index contributed by atoms with van der Waals surface area (Å²) in [6, 6.07) is 4.73. The molecule has 1 aromatic rings. The normalized spacial score (nSPS) is 18.5. The van der Waals surface area contributed by atoms with Gasteiger partial charge in [-0.2, -0.15) is 0 Å². The van der Waals surface area contributed by atoms with Crippen molar-refractivity contribution in [3.05, 3.63) is 34.6 Å². The lowest BCUT2D eigenvalue weighted by Gasteiger charge is -2.16. The molecule has 0 aromatic heterocycles.